The van der Waals surface area contributed by atoms with Crippen molar-refractivity contribution in [2.75, 3.05) is 33.8 Å². The zero-order valence-corrected chi connectivity index (χ0v) is 14.4. The van der Waals surface area contributed by atoms with E-state index in [1.807, 2.05) is 0 Å². The van der Waals surface area contributed by atoms with Gasteiger partial charge >= 0.3 is 0 Å². The molecule has 0 saturated carbocycles. The van der Waals surface area contributed by atoms with E-state index in [1.165, 1.54) is 11.1 Å². The maximum atomic E-state index is 5.57. The van der Waals surface area contributed by atoms with Gasteiger partial charge in [0.1, 0.15) is 5.75 Å². The van der Waals surface area contributed by atoms with Gasteiger partial charge in [-0.25, -0.2) is 0 Å². The Hall–Kier alpha value is -1.06. The second-order valence-corrected chi connectivity index (χ2v) is 7.09. The van der Waals surface area contributed by atoms with Gasteiger partial charge < -0.3 is 9.64 Å². The molecule has 0 amide bonds. The van der Waals surface area contributed by atoms with Crippen molar-refractivity contribution in [1.29, 1.82) is 0 Å². The van der Waals surface area contributed by atoms with E-state index >= 15 is 0 Å². The Morgan fingerprint density at radius 2 is 2.05 bits per heavy atom. The molecule has 2 rings (SSSR count). The Morgan fingerprint density at radius 3 is 2.67 bits per heavy atom. The van der Waals surface area contributed by atoms with E-state index < -0.39 is 0 Å². The van der Waals surface area contributed by atoms with E-state index in [9.17, 15) is 0 Å². The van der Waals surface area contributed by atoms with Crippen LogP contribution in [0, 0.1) is 0 Å². The molecule has 1 aromatic rings. The van der Waals surface area contributed by atoms with Crippen molar-refractivity contribution in [3.05, 3.63) is 29.3 Å². The summed E-state index contributed by atoms with van der Waals surface area (Å²) in [7, 11) is 3.98. The highest BCUT2D eigenvalue weighted by atomic mass is 16.5. The highest BCUT2D eigenvalue weighted by Gasteiger charge is 2.27. The molecule has 1 atom stereocenters. The summed E-state index contributed by atoms with van der Waals surface area (Å²) in [5.41, 5.74) is 3.06. The summed E-state index contributed by atoms with van der Waals surface area (Å²) in [5, 5.41) is 0. The second kappa shape index (κ2) is 6.37. The SMILES string of the molecule is COc1cccc2c1C(C)N(CCN(C)C(C)(C)C)CC2. The number of fused-ring (bicyclic) bond motifs is 1. The van der Waals surface area contributed by atoms with Gasteiger partial charge in [0.15, 0.2) is 0 Å². The fourth-order valence-electron chi connectivity index (χ4n) is 3.02. The van der Waals surface area contributed by atoms with Crippen LogP contribution < -0.4 is 4.74 Å². The number of rotatable bonds is 4. The average molecular weight is 290 g/mol. The number of hydrogen-bond acceptors (Lipinski definition) is 3. The summed E-state index contributed by atoms with van der Waals surface area (Å²) in [6, 6.07) is 6.86. The van der Waals surface area contributed by atoms with Crippen molar-refractivity contribution in [3.8, 4) is 5.75 Å². The predicted octanol–water partition coefficient (Wildman–Crippen LogP) is 3.34. The molecule has 0 saturated heterocycles. The van der Waals surface area contributed by atoms with Crippen molar-refractivity contribution in [2.45, 2.75) is 45.7 Å². The zero-order chi connectivity index (χ0) is 15.6. The van der Waals surface area contributed by atoms with Gasteiger partial charge in [0.25, 0.3) is 0 Å². The Balaban J connectivity index is 2.08. The second-order valence-electron chi connectivity index (χ2n) is 7.09. The molecule has 0 aromatic heterocycles. The Labute approximate surface area is 129 Å². The molecule has 3 heteroatoms. The quantitative estimate of drug-likeness (QED) is 0.846. The maximum Gasteiger partial charge on any atom is 0.123 e. The topological polar surface area (TPSA) is 15.7 Å². The number of nitrogens with zero attached hydrogens (tertiary/aromatic N) is 2. The molecule has 0 bridgehead atoms. The molecule has 0 spiro atoms. The van der Waals surface area contributed by atoms with Crippen LogP contribution in [0.5, 0.6) is 5.75 Å². The number of likely N-dealkylation sites (N-methyl/N-ethyl adjacent to an activating group) is 1. The first-order valence-corrected chi connectivity index (χ1v) is 7.95. The lowest BCUT2D eigenvalue weighted by Crippen LogP contribution is -2.44. The van der Waals surface area contributed by atoms with E-state index in [1.54, 1.807) is 7.11 Å². The molecule has 1 aliphatic rings. The minimum absolute atomic E-state index is 0.231. The molecule has 0 fully saturated rings. The van der Waals surface area contributed by atoms with Crippen molar-refractivity contribution in [3.63, 3.8) is 0 Å². The molecule has 0 aliphatic carbocycles. The van der Waals surface area contributed by atoms with Crippen LogP contribution in [-0.2, 0) is 6.42 Å². The zero-order valence-electron chi connectivity index (χ0n) is 14.4. The number of benzene rings is 1. The Kier molecular flexibility index (Phi) is 4.95. The summed E-state index contributed by atoms with van der Waals surface area (Å²) in [5.74, 6) is 1.04. The van der Waals surface area contributed by atoms with Gasteiger partial charge in [-0.05, 0) is 52.8 Å². The van der Waals surface area contributed by atoms with Crippen LogP contribution in [0.2, 0.25) is 0 Å². The van der Waals surface area contributed by atoms with Crippen molar-refractivity contribution < 1.29 is 4.74 Å². The maximum absolute atomic E-state index is 5.57. The Morgan fingerprint density at radius 1 is 1.33 bits per heavy atom. The molecule has 21 heavy (non-hydrogen) atoms. The lowest BCUT2D eigenvalue weighted by molar-refractivity contribution is 0.123. The Bertz CT molecular complexity index is 464. The molecular formula is C18H30N2O. The van der Waals surface area contributed by atoms with Crippen LogP contribution in [0.3, 0.4) is 0 Å². The molecule has 1 aromatic carbocycles. The third kappa shape index (κ3) is 3.58. The van der Waals surface area contributed by atoms with E-state index in [0.29, 0.717) is 6.04 Å². The monoisotopic (exact) mass is 290 g/mol. The first kappa shape index (κ1) is 16.3. The van der Waals surface area contributed by atoms with E-state index in [0.717, 1.165) is 31.8 Å². The van der Waals surface area contributed by atoms with Gasteiger partial charge in [-0.15, -0.1) is 0 Å². The van der Waals surface area contributed by atoms with Gasteiger partial charge in [-0.3, -0.25) is 4.90 Å². The molecule has 1 unspecified atom stereocenters. The summed E-state index contributed by atoms with van der Waals surface area (Å²) in [6.07, 6.45) is 1.12. The molecule has 0 radical (unpaired) electrons. The molecule has 0 N–H and O–H groups in total. The first-order chi connectivity index (χ1) is 9.84. The van der Waals surface area contributed by atoms with Crippen molar-refractivity contribution in [2.24, 2.45) is 0 Å². The summed E-state index contributed by atoms with van der Waals surface area (Å²) in [4.78, 5) is 5.00. The number of methoxy groups -OCH3 is 1. The predicted molar refractivity (Wildman–Crippen MR) is 89.1 cm³/mol. The fourth-order valence-corrected chi connectivity index (χ4v) is 3.02. The lowest BCUT2D eigenvalue weighted by Gasteiger charge is -2.39. The van der Waals surface area contributed by atoms with Gasteiger partial charge in [0.05, 0.1) is 7.11 Å². The molecule has 3 nitrogen and oxygen atoms in total. The van der Waals surface area contributed by atoms with Crippen LogP contribution in [0.25, 0.3) is 0 Å². The van der Waals surface area contributed by atoms with E-state index in [4.69, 9.17) is 4.74 Å². The molecule has 118 valence electrons. The first-order valence-electron chi connectivity index (χ1n) is 7.95. The van der Waals surface area contributed by atoms with Gasteiger partial charge in [0, 0.05) is 36.8 Å². The van der Waals surface area contributed by atoms with E-state index in [2.05, 4.69) is 62.7 Å². The van der Waals surface area contributed by atoms with Crippen LogP contribution >= 0.6 is 0 Å². The lowest BCUT2D eigenvalue weighted by atomic mass is 9.92. The normalized spacial score (nSPS) is 19.7. The standard InChI is InChI=1S/C18H30N2O/c1-14-17-15(8-7-9-16(17)21-6)10-11-20(14)13-12-19(5)18(2,3)4/h7-9,14H,10-13H2,1-6H3. The van der Waals surface area contributed by atoms with Gasteiger partial charge in [-0.1, -0.05) is 12.1 Å². The molecular weight excluding hydrogens is 260 g/mol. The summed E-state index contributed by atoms with van der Waals surface area (Å²) < 4.78 is 5.57. The third-order valence-electron chi connectivity index (χ3n) is 4.88. The van der Waals surface area contributed by atoms with Crippen LogP contribution in [0.1, 0.15) is 44.9 Å². The van der Waals surface area contributed by atoms with Crippen LogP contribution in [0.15, 0.2) is 18.2 Å². The van der Waals surface area contributed by atoms with E-state index in [-0.39, 0.29) is 5.54 Å². The fraction of sp³-hybridized carbons (Fsp3) is 0.667. The number of ether oxygens (including phenoxy) is 1. The summed E-state index contributed by atoms with van der Waals surface area (Å²) >= 11 is 0. The smallest absolute Gasteiger partial charge is 0.123 e. The van der Waals surface area contributed by atoms with Gasteiger partial charge in [0.2, 0.25) is 0 Å². The molecule has 1 heterocycles. The van der Waals surface area contributed by atoms with Crippen LogP contribution in [0.4, 0.5) is 0 Å². The third-order valence-corrected chi connectivity index (χ3v) is 4.88. The van der Waals surface area contributed by atoms with Crippen molar-refractivity contribution in [1.82, 2.24) is 9.80 Å². The molecule has 1 aliphatic heterocycles. The minimum Gasteiger partial charge on any atom is -0.496 e. The average Bonchev–Trinajstić information content (AvgIpc) is 2.44. The largest absolute Gasteiger partial charge is 0.496 e. The highest BCUT2D eigenvalue weighted by Crippen LogP contribution is 2.35. The minimum atomic E-state index is 0.231. The van der Waals surface area contributed by atoms with Crippen molar-refractivity contribution >= 4 is 0 Å². The summed E-state index contributed by atoms with van der Waals surface area (Å²) in [6.45, 7) is 12.4. The van der Waals surface area contributed by atoms with Crippen LogP contribution in [-0.4, -0.2) is 49.1 Å². The van der Waals surface area contributed by atoms with Gasteiger partial charge in [-0.2, -0.15) is 0 Å². The number of hydrogen-bond donors (Lipinski definition) is 0. The highest BCUT2D eigenvalue weighted by molar-refractivity contribution is 5.43.